The van der Waals surface area contributed by atoms with Crippen molar-refractivity contribution in [1.29, 1.82) is 0 Å². The van der Waals surface area contributed by atoms with Crippen molar-refractivity contribution in [1.82, 2.24) is 14.9 Å². The van der Waals surface area contributed by atoms with Crippen molar-refractivity contribution >= 4 is 31.8 Å². The van der Waals surface area contributed by atoms with Gasteiger partial charge >= 0.3 is 0 Å². The lowest BCUT2D eigenvalue weighted by molar-refractivity contribution is 0.126. The van der Waals surface area contributed by atoms with E-state index in [2.05, 4.69) is 20.9 Å². The zero-order valence-electron chi connectivity index (χ0n) is 21.5. The average molecular weight is 522 g/mol. The molecular weight excluding hydrogens is 486 g/mol. The van der Waals surface area contributed by atoms with Gasteiger partial charge in [-0.05, 0) is 92.2 Å². The van der Waals surface area contributed by atoms with Crippen LogP contribution in [0.2, 0.25) is 0 Å². The monoisotopic (exact) mass is 521 g/mol. The number of aryl methyl sites for hydroxylation is 1. The van der Waals surface area contributed by atoms with Crippen molar-refractivity contribution in [2.24, 2.45) is 5.92 Å². The van der Waals surface area contributed by atoms with Crippen LogP contribution in [-0.2, 0) is 9.84 Å². The van der Waals surface area contributed by atoms with Gasteiger partial charge in [0.1, 0.15) is 11.4 Å². The molecule has 0 amide bonds. The lowest BCUT2D eigenvalue weighted by Gasteiger charge is -2.30. The fourth-order valence-corrected chi connectivity index (χ4v) is 6.14. The van der Waals surface area contributed by atoms with Gasteiger partial charge in [0.25, 0.3) is 0 Å². The SMILES string of the molecule is CCS(=O)(=O)c1cccc(-c2ccc(OCCCN3CCC(CO)CC3)c3[nH]c4ncc(C)cc4c23)c1. The van der Waals surface area contributed by atoms with Crippen LogP contribution in [0.25, 0.3) is 33.1 Å². The molecule has 2 aromatic carbocycles. The van der Waals surface area contributed by atoms with Crippen LogP contribution in [0.5, 0.6) is 5.75 Å². The van der Waals surface area contributed by atoms with Crippen LogP contribution < -0.4 is 4.74 Å². The second-order valence-corrected chi connectivity index (χ2v) is 12.3. The highest BCUT2D eigenvalue weighted by molar-refractivity contribution is 7.91. The fraction of sp³-hybridized carbons (Fsp3) is 0.414. The molecule has 0 atom stereocenters. The number of aliphatic hydroxyl groups excluding tert-OH is 1. The molecule has 7 nitrogen and oxygen atoms in total. The summed E-state index contributed by atoms with van der Waals surface area (Å²) in [6.07, 6.45) is 4.87. The summed E-state index contributed by atoms with van der Waals surface area (Å²) in [4.78, 5) is 10.8. The molecule has 0 bridgehead atoms. The van der Waals surface area contributed by atoms with Crippen LogP contribution in [0.4, 0.5) is 0 Å². The van der Waals surface area contributed by atoms with Crippen molar-refractivity contribution < 1.29 is 18.3 Å². The van der Waals surface area contributed by atoms with Crippen molar-refractivity contribution in [3.63, 3.8) is 0 Å². The van der Waals surface area contributed by atoms with E-state index in [0.717, 1.165) is 83.3 Å². The zero-order chi connectivity index (χ0) is 26.0. The second-order valence-electron chi connectivity index (χ2n) is 10.00. The van der Waals surface area contributed by atoms with Gasteiger partial charge in [-0.1, -0.05) is 19.1 Å². The Labute approximate surface area is 218 Å². The average Bonchev–Trinajstić information content (AvgIpc) is 3.30. The number of piperidine rings is 1. The summed E-state index contributed by atoms with van der Waals surface area (Å²) in [5.74, 6) is 1.28. The van der Waals surface area contributed by atoms with Gasteiger partial charge in [-0.25, -0.2) is 13.4 Å². The molecular formula is C29H35N3O4S. The van der Waals surface area contributed by atoms with Crippen LogP contribution in [0.1, 0.15) is 31.7 Å². The first kappa shape index (κ1) is 25.7. The number of aromatic amines is 1. The molecule has 8 heteroatoms. The number of sulfone groups is 1. The Balaban J connectivity index is 1.44. The van der Waals surface area contributed by atoms with E-state index in [-0.39, 0.29) is 5.75 Å². The van der Waals surface area contributed by atoms with Crippen molar-refractivity contribution in [2.75, 3.05) is 38.6 Å². The van der Waals surface area contributed by atoms with Crippen LogP contribution in [0.3, 0.4) is 0 Å². The zero-order valence-corrected chi connectivity index (χ0v) is 22.4. The Hall–Kier alpha value is -2.94. The van der Waals surface area contributed by atoms with Crippen LogP contribution >= 0.6 is 0 Å². The van der Waals surface area contributed by atoms with Crippen molar-refractivity contribution in [3.05, 3.63) is 54.2 Å². The van der Waals surface area contributed by atoms with Crippen molar-refractivity contribution in [2.45, 2.75) is 38.0 Å². The molecule has 4 aromatic rings. The van der Waals surface area contributed by atoms with E-state index in [0.29, 0.717) is 24.0 Å². The third-order valence-corrected chi connectivity index (χ3v) is 9.16. The predicted octanol–water partition coefficient (Wildman–Crippen LogP) is 4.96. The first-order chi connectivity index (χ1) is 17.9. The van der Waals surface area contributed by atoms with Gasteiger partial charge < -0.3 is 19.7 Å². The number of hydrogen-bond acceptors (Lipinski definition) is 6. The summed E-state index contributed by atoms with van der Waals surface area (Å²) in [6, 6.07) is 13.3. The molecule has 196 valence electrons. The van der Waals surface area contributed by atoms with Crippen LogP contribution in [0.15, 0.2) is 53.6 Å². The lowest BCUT2D eigenvalue weighted by atomic mass is 9.98. The Kier molecular flexibility index (Phi) is 7.51. The maximum Gasteiger partial charge on any atom is 0.178 e. The summed E-state index contributed by atoms with van der Waals surface area (Å²) < 4.78 is 31.4. The molecule has 1 aliphatic heterocycles. The maximum absolute atomic E-state index is 12.6. The topological polar surface area (TPSA) is 95.5 Å². The molecule has 0 aliphatic carbocycles. The van der Waals surface area contributed by atoms with E-state index >= 15 is 0 Å². The number of aromatic nitrogens is 2. The molecule has 1 saturated heterocycles. The van der Waals surface area contributed by atoms with Crippen LogP contribution in [-0.4, -0.2) is 67.0 Å². The van der Waals surface area contributed by atoms with Crippen LogP contribution in [0, 0.1) is 12.8 Å². The fourth-order valence-electron chi connectivity index (χ4n) is 5.21. The lowest BCUT2D eigenvalue weighted by Crippen LogP contribution is -2.35. The number of pyridine rings is 1. The molecule has 2 N–H and O–H groups in total. The van der Waals surface area contributed by atoms with E-state index < -0.39 is 9.84 Å². The van der Waals surface area contributed by atoms with E-state index in [1.165, 1.54) is 0 Å². The molecule has 0 radical (unpaired) electrons. The Morgan fingerprint density at radius 3 is 2.73 bits per heavy atom. The largest absolute Gasteiger partial charge is 0.491 e. The van der Waals surface area contributed by atoms with Gasteiger partial charge in [-0.15, -0.1) is 0 Å². The van der Waals surface area contributed by atoms with E-state index in [1.54, 1.807) is 25.1 Å². The highest BCUT2D eigenvalue weighted by atomic mass is 32.2. The minimum absolute atomic E-state index is 0.0638. The minimum Gasteiger partial charge on any atom is -0.491 e. The third kappa shape index (κ3) is 5.37. The Bertz CT molecular complexity index is 1500. The molecule has 37 heavy (non-hydrogen) atoms. The molecule has 1 fully saturated rings. The number of fused-ring (bicyclic) bond motifs is 3. The number of likely N-dealkylation sites (tertiary alicyclic amines) is 1. The first-order valence-electron chi connectivity index (χ1n) is 13.1. The summed E-state index contributed by atoms with van der Waals surface area (Å²) in [6.45, 7) is 7.61. The smallest absolute Gasteiger partial charge is 0.178 e. The molecule has 5 rings (SSSR count). The normalized spacial score (nSPS) is 15.5. The number of ether oxygens (including phenoxy) is 1. The predicted molar refractivity (Wildman–Crippen MR) is 148 cm³/mol. The third-order valence-electron chi connectivity index (χ3n) is 7.43. The van der Waals surface area contributed by atoms with E-state index in [9.17, 15) is 13.5 Å². The number of aliphatic hydroxyl groups is 1. The minimum atomic E-state index is -3.32. The van der Waals surface area contributed by atoms with Gasteiger partial charge in [0, 0.05) is 30.1 Å². The number of hydrogen-bond donors (Lipinski definition) is 2. The number of nitrogens with one attached hydrogen (secondary N) is 1. The number of rotatable bonds is 9. The molecule has 0 spiro atoms. The molecule has 0 saturated carbocycles. The van der Waals surface area contributed by atoms with Gasteiger partial charge in [0.15, 0.2) is 9.84 Å². The van der Waals surface area contributed by atoms with Gasteiger partial charge in [0.05, 0.1) is 22.8 Å². The Morgan fingerprint density at radius 1 is 1.16 bits per heavy atom. The second kappa shape index (κ2) is 10.8. The highest BCUT2D eigenvalue weighted by Gasteiger charge is 2.20. The Morgan fingerprint density at radius 2 is 1.97 bits per heavy atom. The molecule has 1 aliphatic rings. The van der Waals surface area contributed by atoms with Gasteiger partial charge in [-0.3, -0.25) is 0 Å². The van der Waals surface area contributed by atoms with Gasteiger partial charge in [-0.2, -0.15) is 0 Å². The molecule has 2 aromatic heterocycles. The number of benzene rings is 2. The molecule has 3 heterocycles. The number of H-pyrrole nitrogens is 1. The van der Waals surface area contributed by atoms with Crippen molar-refractivity contribution in [3.8, 4) is 16.9 Å². The summed E-state index contributed by atoms with van der Waals surface area (Å²) >= 11 is 0. The summed E-state index contributed by atoms with van der Waals surface area (Å²) in [7, 11) is -3.32. The maximum atomic E-state index is 12.6. The number of nitrogens with zero attached hydrogens (tertiary/aromatic N) is 2. The van der Waals surface area contributed by atoms with Gasteiger partial charge in [0.2, 0.25) is 0 Å². The first-order valence-corrected chi connectivity index (χ1v) is 14.7. The quantitative estimate of drug-likeness (QED) is 0.302. The highest BCUT2D eigenvalue weighted by Crippen LogP contribution is 2.39. The standard InChI is InChI=1S/C29H35N3O4S/c1-3-37(34,35)23-7-4-6-22(17-23)24-8-9-26(28-27(24)25-16-20(2)18-30-29(25)31-28)36-15-5-12-32-13-10-21(19-33)11-14-32/h4,6-9,16-18,21,33H,3,5,10-15,19H2,1-2H3,(H,30,31). The van der Waals surface area contributed by atoms with E-state index in [1.807, 2.05) is 31.3 Å². The summed E-state index contributed by atoms with van der Waals surface area (Å²) in [5, 5.41) is 11.3. The summed E-state index contributed by atoms with van der Waals surface area (Å²) in [5.41, 5.74) is 4.50. The van der Waals surface area contributed by atoms with E-state index in [4.69, 9.17) is 4.74 Å². The molecule has 0 unspecified atom stereocenters.